The Morgan fingerprint density at radius 3 is 2.20 bits per heavy atom. The Kier molecular flexibility index (Phi) is 5.64. The minimum absolute atomic E-state index is 0.236. The molecule has 1 aromatic carbocycles. The fraction of sp³-hybridized carbons (Fsp3) is 0.231. The van der Waals surface area contributed by atoms with Gasteiger partial charge in [-0.2, -0.15) is 5.10 Å². The molecule has 0 aliphatic heterocycles. The van der Waals surface area contributed by atoms with Crippen LogP contribution in [0.2, 0.25) is 0 Å². The summed E-state index contributed by atoms with van der Waals surface area (Å²) in [5.41, 5.74) is 0.992. The normalized spacial score (nSPS) is 10.6. The third-order valence-corrected chi connectivity index (χ3v) is 4.30. The molecule has 0 saturated heterocycles. The van der Waals surface area contributed by atoms with Crippen molar-refractivity contribution in [1.82, 2.24) is 10.2 Å². The number of rotatable bonds is 2. The van der Waals surface area contributed by atoms with Crippen LogP contribution in [0.1, 0.15) is 13.8 Å². The highest BCUT2D eigenvalue weighted by Gasteiger charge is 2.10. The summed E-state index contributed by atoms with van der Waals surface area (Å²) in [4.78, 5) is 11.6. The van der Waals surface area contributed by atoms with Crippen molar-refractivity contribution in [1.29, 1.82) is 0 Å². The molecule has 5 nitrogen and oxygen atoms in total. The van der Waals surface area contributed by atoms with E-state index in [0.717, 1.165) is 6.26 Å². The highest BCUT2D eigenvalue weighted by Crippen LogP contribution is 2.25. The lowest BCUT2D eigenvalue weighted by molar-refractivity contribution is 0.602. The molecule has 1 aromatic heterocycles. The second-order valence-electron chi connectivity index (χ2n) is 3.72. The summed E-state index contributed by atoms with van der Waals surface area (Å²) < 4.78 is 23.0. The molecule has 1 heterocycles. The summed E-state index contributed by atoms with van der Waals surface area (Å²) in [6, 6.07) is 6.27. The average molecular weight is 359 g/mol. The van der Waals surface area contributed by atoms with E-state index in [1.807, 2.05) is 13.8 Å². The highest BCUT2D eigenvalue weighted by atomic mass is 79.9. The molecule has 108 valence electrons. The number of sulfone groups is 1. The van der Waals surface area contributed by atoms with Crippen molar-refractivity contribution in [2.45, 2.75) is 18.7 Å². The topological polar surface area (TPSA) is 79.9 Å². The number of aromatic nitrogens is 2. The van der Waals surface area contributed by atoms with Crippen LogP contribution in [0.3, 0.4) is 0 Å². The van der Waals surface area contributed by atoms with E-state index in [-0.39, 0.29) is 10.5 Å². The van der Waals surface area contributed by atoms with Crippen molar-refractivity contribution in [3.8, 4) is 11.1 Å². The molecule has 2 rings (SSSR count). The van der Waals surface area contributed by atoms with E-state index in [0.29, 0.717) is 15.6 Å². The lowest BCUT2D eigenvalue weighted by Crippen LogP contribution is -2.09. The van der Waals surface area contributed by atoms with E-state index >= 15 is 0 Å². The van der Waals surface area contributed by atoms with Gasteiger partial charge < -0.3 is 0 Å². The molecule has 1 N–H and O–H groups in total. The van der Waals surface area contributed by atoms with Gasteiger partial charge in [0.2, 0.25) is 0 Å². The van der Waals surface area contributed by atoms with Crippen LogP contribution in [0.5, 0.6) is 0 Å². The van der Waals surface area contributed by atoms with E-state index in [1.54, 1.807) is 12.1 Å². The van der Waals surface area contributed by atoms with Gasteiger partial charge in [-0.3, -0.25) is 4.79 Å². The van der Waals surface area contributed by atoms with Crippen molar-refractivity contribution in [2.24, 2.45) is 0 Å². The summed E-state index contributed by atoms with van der Waals surface area (Å²) in [6.45, 7) is 4.00. The summed E-state index contributed by atoms with van der Waals surface area (Å²) in [5, 5.41) is 6.00. The molecule has 7 heteroatoms. The van der Waals surface area contributed by atoms with Gasteiger partial charge in [-0.25, -0.2) is 13.5 Å². The first-order valence-corrected chi connectivity index (χ1v) is 8.62. The monoisotopic (exact) mass is 358 g/mol. The summed E-state index contributed by atoms with van der Waals surface area (Å²) in [7, 11) is -3.22. The fourth-order valence-corrected chi connectivity index (χ4v) is 2.52. The van der Waals surface area contributed by atoms with Crippen molar-refractivity contribution >= 4 is 25.8 Å². The van der Waals surface area contributed by atoms with E-state index in [4.69, 9.17) is 0 Å². The SMILES string of the molecule is CC.CS(=O)(=O)c1ccc(-c2cn[nH]c(=O)c2Br)cc1. The average Bonchev–Trinajstić information content (AvgIpc) is 2.43. The second-order valence-corrected chi connectivity index (χ2v) is 6.53. The summed E-state index contributed by atoms with van der Waals surface area (Å²) >= 11 is 3.17. The van der Waals surface area contributed by atoms with Crippen LogP contribution in [-0.4, -0.2) is 24.9 Å². The minimum Gasteiger partial charge on any atom is -0.267 e. The number of nitrogens with one attached hydrogen (secondary N) is 1. The molecule has 20 heavy (non-hydrogen) atoms. The zero-order chi connectivity index (χ0) is 15.3. The first-order chi connectivity index (χ1) is 9.39. The Hall–Kier alpha value is -1.47. The van der Waals surface area contributed by atoms with Gasteiger partial charge in [0, 0.05) is 11.8 Å². The zero-order valence-corrected chi connectivity index (χ0v) is 13.7. The molecule has 2 aromatic rings. The van der Waals surface area contributed by atoms with Crippen LogP contribution in [0.25, 0.3) is 11.1 Å². The standard InChI is InChI=1S/C11H9BrN2O3S.C2H6/c1-18(16,17)8-4-2-7(3-5-8)9-6-13-14-11(15)10(9)12;1-2/h2-6H,1H3,(H,14,15);1-2H3. The van der Waals surface area contributed by atoms with Crippen LogP contribution in [0, 0.1) is 0 Å². The van der Waals surface area contributed by atoms with E-state index in [2.05, 4.69) is 26.1 Å². The van der Waals surface area contributed by atoms with Crippen molar-refractivity contribution in [2.75, 3.05) is 6.26 Å². The van der Waals surface area contributed by atoms with E-state index in [9.17, 15) is 13.2 Å². The molecule has 0 radical (unpaired) electrons. The lowest BCUT2D eigenvalue weighted by Gasteiger charge is -2.04. The third-order valence-electron chi connectivity index (χ3n) is 2.39. The molecule has 0 aliphatic rings. The van der Waals surface area contributed by atoms with Gasteiger partial charge in [0.1, 0.15) is 0 Å². The van der Waals surface area contributed by atoms with E-state index in [1.165, 1.54) is 18.3 Å². The van der Waals surface area contributed by atoms with Crippen molar-refractivity contribution in [3.05, 3.63) is 45.3 Å². The number of halogens is 1. The zero-order valence-electron chi connectivity index (χ0n) is 11.3. The largest absolute Gasteiger partial charge is 0.279 e. The summed E-state index contributed by atoms with van der Waals surface area (Å²) in [6.07, 6.45) is 2.65. The number of H-pyrrole nitrogens is 1. The molecule has 0 amide bonds. The Labute approximate surface area is 126 Å². The highest BCUT2D eigenvalue weighted by molar-refractivity contribution is 9.10. The maximum atomic E-state index is 11.4. The van der Waals surface area contributed by atoms with Gasteiger partial charge in [-0.05, 0) is 33.6 Å². The Morgan fingerprint density at radius 1 is 1.15 bits per heavy atom. The van der Waals surface area contributed by atoms with Crippen LogP contribution in [0.15, 0.2) is 44.6 Å². The molecule has 0 bridgehead atoms. The Morgan fingerprint density at radius 2 is 1.70 bits per heavy atom. The predicted octanol–water partition coefficient (Wildman–Crippen LogP) is 2.63. The van der Waals surface area contributed by atoms with Gasteiger partial charge in [-0.15, -0.1) is 0 Å². The van der Waals surface area contributed by atoms with E-state index < -0.39 is 9.84 Å². The minimum atomic E-state index is -3.22. The number of hydrogen-bond donors (Lipinski definition) is 1. The molecule has 0 aliphatic carbocycles. The molecule has 0 spiro atoms. The molecular weight excluding hydrogens is 344 g/mol. The number of hydrogen-bond acceptors (Lipinski definition) is 4. The van der Waals surface area contributed by atoms with Gasteiger partial charge in [-0.1, -0.05) is 26.0 Å². The molecule has 0 unspecified atom stereocenters. The molecule has 0 fully saturated rings. The van der Waals surface area contributed by atoms with Crippen molar-refractivity contribution in [3.63, 3.8) is 0 Å². The first-order valence-electron chi connectivity index (χ1n) is 5.93. The Bertz CT molecular complexity index is 737. The van der Waals surface area contributed by atoms with Crippen LogP contribution >= 0.6 is 15.9 Å². The van der Waals surface area contributed by atoms with Gasteiger partial charge in [0.25, 0.3) is 5.56 Å². The fourth-order valence-electron chi connectivity index (χ4n) is 1.47. The van der Waals surface area contributed by atoms with Gasteiger partial charge >= 0.3 is 0 Å². The number of nitrogens with zero attached hydrogens (tertiary/aromatic N) is 1. The second kappa shape index (κ2) is 6.81. The third kappa shape index (κ3) is 3.77. The quantitative estimate of drug-likeness (QED) is 0.894. The van der Waals surface area contributed by atoms with Gasteiger partial charge in [0.15, 0.2) is 9.84 Å². The molecular formula is C13H15BrN2O3S. The van der Waals surface area contributed by atoms with Crippen LogP contribution in [0.4, 0.5) is 0 Å². The number of aromatic amines is 1. The van der Waals surface area contributed by atoms with Crippen LogP contribution < -0.4 is 5.56 Å². The molecule has 0 atom stereocenters. The maximum Gasteiger partial charge on any atom is 0.279 e. The van der Waals surface area contributed by atoms with Gasteiger partial charge in [0.05, 0.1) is 15.6 Å². The number of benzene rings is 1. The molecule has 0 saturated carbocycles. The predicted molar refractivity (Wildman–Crippen MR) is 82.5 cm³/mol. The maximum absolute atomic E-state index is 11.4. The lowest BCUT2D eigenvalue weighted by atomic mass is 10.1. The smallest absolute Gasteiger partial charge is 0.267 e. The Balaban J connectivity index is 0.000000956. The van der Waals surface area contributed by atoms with Crippen molar-refractivity contribution < 1.29 is 8.42 Å². The summed E-state index contributed by atoms with van der Waals surface area (Å²) in [5.74, 6) is 0. The first kappa shape index (κ1) is 16.6. The van der Waals surface area contributed by atoms with Crippen LogP contribution in [-0.2, 0) is 9.84 Å².